The number of hydrogen-bond donors (Lipinski definition) is 2. The molecule has 2 atom stereocenters. The van der Waals surface area contributed by atoms with E-state index in [-0.39, 0.29) is 17.5 Å². The van der Waals surface area contributed by atoms with Crippen molar-refractivity contribution >= 4 is 17.3 Å². The molecule has 0 aromatic heterocycles. The van der Waals surface area contributed by atoms with E-state index in [9.17, 15) is 14.9 Å². The first-order valence-corrected chi connectivity index (χ1v) is 6.18. The van der Waals surface area contributed by atoms with Crippen LogP contribution in [0.5, 0.6) is 0 Å². The highest BCUT2D eigenvalue weighted by Gasteiger charge is 2.20. The van der Waals surface area contributed by atoms with Crippen LogP contribution in [0.25, 0.3) is 0 Å². The van der Waals surface area contributed by atoms with Gasteiger partial charge in [-0.1, -0.05) is 26.3 Å². The van der Waals surface area contributed by atoms with Crippen LogP contribution >= 0.6 is 0 Å². The van der Waals surface area contributed by atoms with Gasteiger partial charge in [0.1, 0.15) is 0 Å². The first-order chi connectivity index (χ1) is 8.86. The summed E-state index contributed by atoms with van der Waals surface area (Å²) in [5.41, 5.74) is 6.72. The molecule has 1 aromatic carbocycles. The second-order valence-electron chi connectivity index (χ2n) is 4.66. The third-order valence-corrected chi connectivity index (χ3v) is 3.23. The number of aryl methyl sites for hydroxylation is 1. The summed E-state index contributed by atoms with van der Waals surface area (Å²) in [6, 6.07) is 3.95. The summed E-state index contributed by atoms with van der Waals surface area (Å²) in [5.74, 6) is -0.270. The minimum absolute atomic E-state index is 0.0186. The van der Waals surface area contributed by atoms with Crippen molar-refractivity contribution in [1.82, 2.24) is 0 Å². The zero-order valence-electron chi connectivity index (χ0n) is 11.3. The number of carbonyl (C=O) groups is 1. The van der Waals surface area contributed by atoms with Gasteiger partial charge in [-0.2, -0.15) is 0 Å². The van der Waals surface area contributed by atoms with Crippen LogP contribution < -0.4 is 11.1 Å². The van der Waals surface area contributed by atoms with Crippen LogP contribution in [0.3, 0.4) is 0 Å². The molecule has 0 saturated heterocycles. The highest BCUT2D eigenvalue weighted by molar-refractivity contribution is 5.95. The van der Waals surface area contributed by atoms with Crippen molar-refractivity contribution in [3.05, 3.63) is 33.9 Å². The topological polar surface area (TPSA) is 98.3 Å². The molecule has 6 heteroatoms. The van der Waals surface area contributed by atoms with E-state index in [0.717, 1.165) is 6.42 Å². The maximum absolute atomic E-state index is 11.9. The molecular formula is C13H19N3O3. The Bertz CT molecular complexity index is 488. The Balaban J connectivity index is 2.86. The molecule has 0 aliphatic carbocycles. The van der Waals surface area contributed by atoms with Crippen molar-refractivity contribution in [2.24, 2.45) is 11.7 Å². The SMILES string of the molecule is CC[C@H](C)[C@H](N)C(=O)Nc1ccc(C)c([N+](=O)[O-])c1. The first-order valence-electron chi connectivity index (χ1n) is 6.18. The standard InChI is InChI=1S/C13H19N3O3/c1-4-8(2)12(14)13(17)15-10-6-5-9(3)11(7-10)16(18)19/h5-8,12H,4,14H2,1-3H3,(H,15,17)/t8-,12-/m0/s1. The van der Waals surface area contributed by atoms with Crippen molar-refractivity contribution < 1.29 is 9.72 Å². The van der Waals surface area contributed by atoms with Gasteiger partial charge in [0, 0.05) is 17.3 Å². The third kappa shape index (κ3) is 3.75. The molecule has 19 heavy (non-hydrogen) atoms. The van der Waals surface area contributed by atoms with E-state index in [2.05, 4.69) is 5.32 Å². The summed E-state index contributed by atoms with van der Waals surface area (Å²) in [6.07, 6.45) is 0.794. The number of anilines is 1. The fraction of sp³-hybridized carbons (Fsp3) is 0.462. The lowest BCUT2D eigenvalue weighted by Crippen LogP contribution is -2.40. The lowest BCUT2D eigenvalue weighted by Gasteiger charge is -2.17. The number of carbonyl (C=O) groups excluding carboxylic acids is 1. The lowest BCUT2D eigenvalue weighted by molar-refractivity contribution is -0.385. The first kappa shape index (κ1) is 15.1. The van der Waals surface area contributed by atoms with Gasteiger partial charge in [-0.25, -0.2) is 0 Å². The van der Waals surface area contributed by atoms with Crippen LogP contribution in [-0.4, -0.2) is 16.9 Å². The normalized spacial score (nSPS) is 13.7. The number of nitro groups is 1. The number of hydrogen-bond acceptors (Lipinski definition) is 4. The summed E-state index contributed by atoms with van der Waals surface area (Å²) < 4.78 is 0. The van der Waals surface area contributed by atoms with Crippen molar-refractivity contribution in [3.8, 4) is 0 Å². The maximum atomic E-state index is 11.9. The third-order valence-electron chi connectivity index (χ3n) is 3.23. The summed E-state index contributed by atoms with van der Waals surface area (Å²) in [7, 11) is 0. The highest BCUT2D eigenvalue weighted by Crippen LogP contribution is 2.22. The second kappa shape index (κ2) is 6.29. The van der Waals surface area contributed by atoms with Gasteiger partial charge in [0.15, 0.2) is 0 Å². The molecule has 0 saturated carbocycles. The van der Waals surface area contributed by atoms with Gasteiger partial charge >= 0.3 is 0 Å². The van der Waals surface area contributed by atoms with Gasteiger partial charge in [0.25, 0.3) is 5.69 Å². The van der Waals surface area contributed by atoms with E-state index in [1.54, 1.807) is 19.1 Å². The van der Waals surface area contributed by atoms with Gasteiger partial charge < -0.3 is 11.1 Å². The molecule has 3 N–H and O–H groups in total. The Kier molecular flexibility index (Phi) is 5.00. The summed E-state index contributed by atoms with van der Waals surface area (Å²) in [5, 5.41) is 13.4. The molecule has 0 heterocycles. The number of nitro benzene ring substituents is 1. The summed E-state index contributed by atoms with van der Waals surface area (Å²) in [6.45, 7) is 5.49. The molecule has 0 fully saturated rings. The van der Waals surface area contributed by atoms with Crippen molar-refractivity contribution in [2.75, 3.05) is 5.32 Å². The maximum Gasteiger partial charge on any atom is 0.274 e. The van der Waals surface area contributed by atoms with Gasteiger partial charge in [-0.05, 0) is 18.9 Å². The fourth-order valence-electron chi connectivity index (χ4n) is 1.62. The molecule has 0 aliphatic rings. The largest absolute Gasteiger partial charge is 0.324 e. The Morgan fingerprint density at radius 1 is 1.53 bits per heavy atom. The van der Waals surface area contributed by atoms with E-state index in [4.69, 9.17) is 5.73 Å². The predicted molar refractivity (Wildman–Crippen MR) is 73.9 cm³/mol. The molecule has 104 valence electrons. The molecule has 0 unspecified atom stereocenters. The Morgan fingerprint density at radius 2 is 2.16 bits per heavy atom. The number of rotatable bonds is 5. The molecule has 1 aromatic rings. The van der Waals surface area contributed by atoms with Crippen LogP contribution in [0.1, 0.15) is 25.8 Å². The summed E-state index contributed by atoms with van der Waals surface area (Å²) in [4.78, 5) is 22.2. The van der Waals surface area contributed by atoms with Crippen LogP contribution in [0.15, 0.2) is 18.2 Å². The number of nitrogens with two attached hydrogens (primary N) is 1. The smallest absolute Gasteiger partial charge is 0.274 e. The molecule has 0 radical (unpaired) electrons. The molecule has 0 bridgehead atoms. The predicted octanol–water partition coefficient (Wildman–Crippen LogP) is 2.22. The monoisotopic (exact) mass is 265 g/mol. The quantitative estimate of drug-likeness (QED) is 0.630. The molecular weight excluding hydrogens is 246 g/mol. The van der Waals surface area contributed by atoms with E-state index in [1.807, 2.05) is 13.8 Å². The summed E-state index contributed by atoms with van der Waals surface area (Å²) >= 11 is 0. The van der Waals surface area contributed by atoms with Gasteiger partial charge in [0.05, 0.1) is 11.0 Å². The lowest BCUT2D eigenvalue weighted by atomic mass is 9.99. The minimum Gasteiger partial charge on any atom is -0.324 e. The van der Waals surface area contributed by atoms with Crippen LogP contribution in [-0.2, 0) is 4.79 Å². The highest BCUT2D eigenvalue weighted by atomic mass is 16.6. The van der Waals surface area contributed by atoms with Crippen molar-refractivity contribution in [2.45, 2.75) is 33.2 Å². The number of amides is 1. The zero-order chi connectivity index (χ0) is 14.6. The minimum atomic E-state index is -0.620. The van der Waals surface area contributed by atoms with Crippen LogP contribution in [0, 0.1) is 23.0 Å². The van der Waals surface area contributed by atoms with Crippen LogP contribution in [0.4, 0.5) is 11.4 Å². The molecule has 1 amide bonds. The van der Waals surface area contributed by atoms with Gasteiger partial charge in [-0.15, -0.1) is 0 Å². The zero-order valence-corrected chi connectivity index (χ0v) is 11.3. The second-order valence-corrected chi connectivity index (χ2v) is 4.66. The average molecular weight is 265 g/mol. The van der Waals surface area contributed by atoms with Crippen molar-refractivity contribution in [3.63, 3.8) is 0 Å². The average Bonchev–Trinajstić information content (AvgIpc) is 2.38. The number of nitrogens with one attached hydrogen (secondary N) is 1. The van der Waals surface area contributed by atoms with Crippen LogP contribution in [0.2, 0.25) is 0 Å². The Morgan fingerprint density at radius 3 is 2.68 bits per heavy atom. The number of nitrogens with zero attached hydrogens (tertiary/aromatic N) is 1. The Hall–Kier alpha value is -1.95. The van der Waals surface area contributed by atoms with E-state index in [1.165, 1.54) is 6.07 Å². The molecule has 1 rings (SSSR count). The molecule has 6 nitrogen and oxygen atoms in total. The van der Waals surface area contributed by atoms with Gasteiger partial charge in [0.2, 0.25) is 5.91 Å². The van der Waals surface area contributed by atoms with Gasteiger partial charge in [-0.3, -0.25) is 14.9 Å². The molecule has 0 spiro atoms. The Labute approximate surface area is 112 Å². The molecule has 0 aliphatic heterocycles. The van der Waals surface area contributed by atoms with E-state index >= 15 is 0 Å². The van der Waals surface area contributed by atoms with E-state index in [0.29, 0.717) is 11.3 Å². The number of benzene rings is 1. The van der Waals surface area contributed by atoms with E-state index < -0.39 is 11.0 Å². The fourth-order valence-corrected chi connectivity index (χ4v) is 1.62. The van der Waals surface area contributed by atoms with Crippen molar-refractivity contribution in [1.29, 1.82) is 0 Å².